The van der Waals surface area contributed by atoms with Gasteiger partial charge in [0, 0.05) is 18.6 Å². The van der Waals surface area contributed by atoms with Gasteiger partial charge in [-0.05, 0) is 44.7 Å². The van der Waals surface area contributed by atoms with Crippen molar-refractivity contribution in [3.8, 4) is 0 Å². The van der Waals surface area contributed by atoms with Gasteiger partial charge in [-0.1, -0.05) is 24.3 Å². The number of aliphatic imine (C=N–C) groups is 1. The van der Waals surface area contributed by atoms with Gasteiger partial charge in [0.05, 0.1) is 12.3 Å². The minimum absolute atomic E-state index is 0.0243. The van der Waals surface area contributed by atoms with Crippen LogP contribution in [0, 0.1) is 0 Å². The molecule has 1 fully saturated rings. The summed E-state index contributed by atoms with van der Waals surface area (Å²) in [6, 6.07) is 7.98. The Kier molecular flexibility index (Phi) is 6.62. The number of nitrogens with zero attached hydrogens (tertiary/aromatic N) is 1. The van der Waals surface area contributed by atoms with Gasteiger partial charge >= 0.3 is 0 Å². The van der Waals surface area contributed by atoms with E-state index in [0.29, 0.717) is 12.6 Å². The Morgan fingerprint density at radius 3 is 2.50 bits per heavy atom. The Morgan fingerprint density at radius 2 is 1.92 bits per heavy atom. The Hall–Kier alpha value is -1.60. The standard InChI is InChI=1S/C17H28N4O2S/c1-4-18-17(20-16-9-10-16)19-11-14-7-5-6-8-15(14)12-24(22,23)21-13(2)3/h5-8,13,16,21H,4,9-12H2,1-3H3,(H2,18,19,20). The van der Waals surface area contributed by atoms with Crippen LogP contribution in [0.15, 0.2) is 29.3 Å². The molecule has 0 amide bonds. The molecule has 24 heavy (non-hydrogen) atoms. The van der Waals surface area contributed by atoms with E-state index in [1.807, 2.05) is 45.0 Å². The maximum atomic E-state index is 12.2. The van der Waals surface area contributed by atoms with E-state index in [-0.39, 0.29) is 11.8 Å². The minimum Gasteiger partial charge on any atom is -0.357 e. The van der Waals surface area contributed by atoms with E-state index >= 15 is 0 Å². The van der Waals surface area contributed by atoms with Crippen molar-refractivity contribution < 1.29 is 8.42 Å². The van der Waals surface area contributed by atoms with Gasteiger partial charge in [0.25, 0.3) is 0 Å². The summed E-state index contributed by atoms with van der Waals surface area (Å²) < 4.78 is 27.0. The molecule has 0 atom stereocenters. The van der Waals surface area contributed by atoms with Crippen molar-refractivity contribution in [3.63, 3.8) is 0 Å². The average molecular weight is 353 g/mol. The highest BCUT2D eigenvalue weighted by Crippen LogP contribution is 2.18. The smallest absolute Gasteiger partial charge is 0.216 e. The zero-order valence-electron chi connectivity index (χ0n) is 14.7. The SMILES string of the molecule is CCNC(=NCc1ccccc1CS(=O)(=O)NC(C)C)NC1CC1. The molecule has 134 valence electrons. The van der Waals surface area contributed by atoms with Gasteiger partial charge in [0.15, 0.2) is 5.96 Å². The molecule has 6 nitrogen and oxygen atoms in total. The van der Waals surface area contributed by atoms with Gasteiger partial charge in [0.1, 0.15) is 0 Å². The van der Waals surface area contributed by atoms with Gasteiger partial charge < -0.3 is 10.6 Å². The van der Waals surface area contributed by atoms with E-state index < -0.39 is 10.0 Å². The molecule has 1 aromatic carbocycles. The van der Waals surface area contributed by atoms with Crippen molar-refractivity contribution in [2.45, 2.75) is 58.0 Å². The molecule has 0 spiro atoms. The molecule has 0 unspecified atom stereocenters. The first-order chi connectivity index (χ1) is 11.4. The fourth-order valence-corrected chi connectivity index (χ4v) is 3.86. The maximum absolute atomic E-state index is 12.2. The van der Waals surface area contributed by atoms with Crippen LogP contribution in [0.5, 0.6) is 0 Å². The highest BCUT2D eigenvalue weighted by atomic mass is 32.2. The molecular formula is C17H28N4O2S. The first kappa shape index (κ1) is 18.7. The van der Waals surface area contributed by atoms with Gasteiger partial charge in [-0.3, -0.25) is 0 Å². The van der Waals surface area contributed by atoms with Crippen molar-refractivity contribution in [1.29, 1.82) is 0 Å². The highest BCUT2D eigenvalue weighted by molar-refractivity contribution is 7.88. The fourth-order valence-electron chi connectivity index (χ4n) is 2.36. The van der Waals surface area contributed by atoms with Gasteiger partial charge in [0.2, 0.25) is 10.0 Å². The fraction of sp³-hybridized carbons (Fsp3) is 0.588. The Morgan fingerprint density at radius 1 is 1.25 bits per heavy atom. The molecule has 7 heteroatoms. The summed E-state index contributed by atoms with van der Waals surface area (Å²) in [6.07, 6.45) is 2.36. The van der Waals surface area contributed by atoms with Crippen LogP contribution in [0.1, 0.15) is 44.7 Å². The molecule has 0 heterocycles. The lowest BCUT2D eigenvalue weighted by atomic mass is 10.1. The van der Waals surface area contributed by atoms with Crippen LogP contribution in [-0.4, -0.2) is 33.0 Å². The number of sulfonamides is 1. The van der Waals surface area contributed by atoms with Gasteiger partial charge in [-0.15, -0.1) is 0 Å². The second-order valence-corrected chi connectivity index (χ2v) is 8.17. The molecule has 0 bridgehead atoms. The Balaban J connectivity index is 2.09. The topological polar surface area (TPSA) is 82.6 Å². The number of benzene rings is 1. The third-order valence-electron chi connectivity index (χ3n) is 3.55. The first-order valence-electron chi connectivity index (χ1n) is 8.51. The molecular weight excluding hydrogens is 324 g/mol. The zero-order valence-corrected chi connectivity index (χ0v) is 15.5. The molecule has 0 aliphatic heterocycles. The normalized spacial score (nSPS) is 15.6. The number of hydrogen-bond donors (Lipinski definition) is 3. The van der Waals surface area contributed by atoms with Crippen molar-refractivity contribution >= 4 is 16.0 Å². The van der Waals surface area contributed by atoms with Crippen molar-refractivity contribution in [2.75, 3.05) is 6.54 Å². The largest absolute Gasteiger partial charge is 0.357 e. The van der Waals surface area contributed by atoms with E-state index in [4.69, 9.17) is 0 Å². The molecule has 1 aliphatic rings. The van der Waals surface area contributed by atoms with Crippen LogP contribution in [0.3, 0.4) is 0 Å². The molecule has 1 aliphatic carbocycles. The molecule has 0 saturated heterocycles. The highest BCUT2D eigenvalue weighted by Gasteiger charge is 2.22. The van der Waals surface area contributed by atoms with Gasteiger partial charge in [-0.2, -0.15) is 0 Å². The van der Waals surface area contributed by atoms with Crippen molar-refractivity contribution in [3.05, 3.63) is 35.4 Å². The summed E-state index contributed by atoms with van der Waals surface area (Å²) in [5, 5.41) is 6.59. The molecule has 1 saturated carbocycles. The molecule has 0 aromatic heterocycles. The van der Waals surface area contributed by atoms with E-state index in [1.54, 1.807) is 0 Å². The second-order valence-electron chi connectivity index (χ2n) is 6.41. The Labute approximate surface area is 145 Å². The first-order valence-corrected chi connectivity index (χ1v) is 10.2. The van der Waals surface area contributed by atoms with E-state index in [0.717, 1.165) is 23.6 Å². The number of nitrogens with one attached hydrogen (secondary N) is 3. The molecule has 1 aromatic rings. The van der Waals surface area contributed by atoms with Crippen LogP contribution in [0.2, 0.25) is 0 Å². The average Bonchev–Trinajstić information content (AvgIpc) is 3.28. The summed E-state index contributed by atoms with van der Waals surface area (Å²) >= 11 is 0. The lowest BCUT2D eigenvalue weighted by molar-refractivity contribution is 0.569. The predicted octanol–water partition coefficient (Wildman–Crippen LogP) is 1.73. The third-order valence-corrected chi connectivity index (χ3v) is 5.07. The number of rotatable bonds is 8. The summed E-state index contributed by atoms with van der Waals surface area (Å²) in [5.41, 5.74) is 1.72. The van der Waals surface area contributed by atoms with Crippen LogP contribution in [0.25, 0.3) is 0 Å². The van der Waals surface area contributed by atoms with Crippen molar-refractivity contribution in [2.24, 2.45) is 4.99 Å². The number of hydrogen-bond acceptors (Lipinski definition) is 3. The van der Waals surface area contributed by atoms with E-state index in [1.165, 1.54) is 12.8 Å². The lowest BCUT2D eigenvalue weighted by Gasteiger charge is -2.13. The van der Waals surface area contributed by atoms with Crippen LogP contribution < -0.4 is 15.4 Å². The number of guanidine groups is 1. The van der Waals surface area contributed by atoms with Crippen molar-refractivity contribution in [1.82, 2.24) is 15.4 Å². The molecule has 0 radical (unpaired) electrons. The quantitative estimate of drug-likeness (QED) is 0.491. The maximum Gasteiger partial charge on any atom is 0.216 e. The van der Waals surface area contributed by atoms with E-state index in [2.05, 4.69) is 20.3 Å². The zero-order chi connectivity index (χ0) is 17.6. The monoisotopic (exact) mass is 352 g/mol. The lowest BCUT2D eigenvalue weighted by Crippen LogP contribution is -2.38. The summed E-state index contributed by atoms with van der Waals surface area (Å²) in [7, 11) is -3.34. The minimum atomic E-state index is -3.34. The van der Waals surface area contributed by atoms with Crippen LogP contribution >= 0.6 is 0 Å². The Bertz CT molecular complexity index is 667. The van der Waals surface area contributed by atoms with Crippen LogP contribution in [-0.2, 0) is 22.3 Å². The third kappa shape index (κ3) is 6.49. The molecule has 2 rings (SSSR count). The molecule has 3 N–H and O–H groups in total. The van der Waals surface area contributed by atoms with Gasteiger partial charge in [-0.25, -0.2) is 18.1 Å². The summed E-state index contributed by atoms with van der Waals surface area (Å²) in [4.78, 5) is 4.59. The van der Waals surface area contributed by atoms with Crippen LogP contribution in [0.4, 0.5) is 0 Å². The summed E-state index contributed by atoms with van der Waals surface area (Å²) in [5.74, 6) is 0.765. The predicted molar refractivity (Wildman–Crippen MR) is 98.3 cm³/mol. The van der Waals surface area contributed by atoms with E-state index in [9.17, 15) is 8.42 Å². The second kappa shape index (κ2) is 8.48. The summed E-state index contributed by atoms with van der Waals surface area (Å²) in [6.45, 7) is 6.92.